The summed E-state index contributed by atoms with van der Waals surface area (Å²) >= 11 is 0. The van der Waals surface area contributed by atoms with Gasteiger partial charge in [0.25, 0.3) is 0 Å². The fourth-order valence-corrected chi connectivity index (χ4v) is 7.69. The number of phosphoric acid groups is 1. The number of likely N-dealkylation sites (N-methyl/N-ethyl adjacent to an activating group) is 1. The van der Waals surface area contributed by atoms with Crippen molar-refractivity contribution in [2.24, 2.45) is 0 Å². The third-order valence-electron chi connectivity index (χ3n) is 11.4. The van der Waals surface area contributed by atoms with Crippen molar-refractivity contribution in [3.8, 4) is 0 Å². The molecule has 0 aliphatic heterocycles. The zero-order valence-electron chi connectivity index (χ0n) is 47.3. The zero-order chi connectivity index (χ0) is 54.2. The van der Waals surface area contributed by atoms with E-state index >= 15 is 0 Å². The van der Waals surface area contributed by atoms with E-state index in [1.165, 1.54) is 32.1 Å². The summed E-state index contributed by atoms with van der Waals surface area (Å²) in [6.07, 6.45) is 79.2. The van der Waals surface area contributed by atoms with Gasteiger partial charge in [-0.1, -0.05) is 205 Å². The summed E-state index contributed by atoms with van der Waals surface area (Å²) in [5, 5.41) is 0. The molecule has 0 radical (unpaired) electrons. The quantitative estimate of drug-likeness (QED) is 0.0211. The van der Waals surface area contributed by atoms with E-state index in [9.17, 15) is 19.0 Å². The van der Waals surface area contributed by atoms with Crippen LogP contribution in [0.1, 0.15) is 194 Å². The number of hydrogen-bond donors (Lipinski definition) is 1. The van der Waals surface area contributed by atoms with Crippen LogP contribution in [0, 0.1) is 0 Å². The second-order valence-corrected chi connectivity index (χ2v) is 21.0. The van der Waals surface area contributed by atoms with E-state index in [1.807, 2.05) is 21.1 Å². The topological polar surface area (TPSA) is 108 Å². The number of ether oxygens (including phenoxy) is 2. The van der Waals surface area contributed by atoms with E-state index in [1.54, 1.807) is 0 Å². The lowest BCUT2D eigenvalue weighted by molar-refractivity contribution is -0.870. The van der Waals surface area contributed by atoms with E-state index in [2.05, 4.69) is 160 Å². The Morgan fingerprint density at radius 1 is 0.432 bits per heavy atom. The summed E-state index contributed by atoms with van der Waals surface area (Å²) in [4.78, 5) is 35.5. The van der Waals surface area contributed by atoms with Crippen LogP contribution in [-0.4, -0.2) is 74.9 Å². The van der Waals surface area contributed by atoms with Gasteiger partial charge in [0.1, 0.15) is 19.8 Å². The molecule has 0 aliphatic carbocycles. The minimum atomic E-state index is -4.40. The molecule has 0 aromatic heterocycles. The number of unbranched alkanes of at least 4 members (excludes halogenated alkanes) is 12. The average Bonchev–Trinajstić information content (AvgIpc) is 3.36. The van der Waals surface area contributed by atoms with Crippen LogP contribution in [-0.2, 0) is 32.7 Å². The van der Waals surface area contributed by atoms with Crippen LogP contribution >= 0.6 is 7.82 Å². The molecule has 1 N–H and O–H groups in total. The minimum absolute atomic E-state index is 0.0157. The molecular formula is C64H105NO8P+. The van der Waals surface area contributed by atoms with Crippen molar-refractivity contribution in [1.82, 2.24) is 0 Å². The summed E-state index contributed by atoms with van der Waals surface area (Å²) < 4.78 is 34.4. The lowest BCUT2D eigenvalue weighted by Crippen LogP contribution is -2.37. The first-order valence-corrected chi connectivity index (χ1v) is 30.1. The Labute approximate surface area is 453 Å². The lowest BCUT2D eigenvalue weighted by atomic mass is 10.1. The number of hydrogen-bond acceptors (Lipinski definition) is 7. The third-order valence-corrected chi connectivity index (χ3v) is 12.3. The van der Waals surface area contributed by atoms with E-state index in [4.69, 9.17) is 18.5 Å². The number of nitrogens with zero attached hydrogens (tertiary/aromatic N) is 1. The van der Waals surface area contributed by atoms with Gasteiger partial charge in [-0.15, -0.1) is 0 Å². The maximum absolute atomic E-state index is 12.8. The van der Waals surface area contributed by atoms with E-state index in [0.29, 0.717) is 23.9 Å². The highest BCUT2D eigenvalue weighted by molar-refractivity contribution is 7.47. The van der Waals surface area contributed by atoms with Crippen molar-refractivity contribution < 1.29 is 42.1 Å². The van der Waals surface area contributed by atoms with E-state index in [-0.39, 0.29) is 26.1 Å². The largest absolute Gasteiger partial charge is 0.472 e. The van der Waals surface area contributed by atoms with Crippen LogP contribution in [0.4, 0.5) is 0 Å². The number of phosphoric ester groups is 1. The molecule has 0 saturated heterocycles. The molecule has 2 unspecified atom stereocenters. The van der Waals surface area contributed by atoms with Crippen LogP contribution in [0.15, 0.2) is 146 Å². The van der Waals surface area contributed by atoms with Crippen molar-refractivity contribution >= 4 is 19.8 Å². The lowest BCUT2D eigenvalue weighted by Gasteiger charge is -2.24. The smallest absolute Gasteiger partial charge is 0.462 e. The molecule has 0 amide bonds. The Morgan fingerprint density at radius 3 is 1.18 bits per heavy atom. The Balaban J connectivity index is 4.25. The average molecular weight is 1050 g/mol. The summed E-state index contributed by atoms with van der Waals surface area (Å²) in [5.74, 6) is -0.859. The number of carbonyl (C=O) groups excluding carboxylic acids is 2. The first-order valence-electron chi connectivity index (χ1n) is 28.6. The molecule has 418 valence electrons. The first-order chi connectivity index (χ1) is 36.0. The Bertz CT molecular complexity index is 1760. The summed E-state index contributed by atoms with van der Waals surface area (Å²) in [6.45, 7) is 4.22. The molecule has 74 heavy (non-hydrogen) atoms. The van der Waals surface area contributed by atoms with Crippen LogP contribution in [0.25, 0.3) is 0 Å². The van der Waals surface area contributed by atoms with Crippen LogP contribution in [0.5, 0.6) is 0 Å². The molecule has 9 nitrogen and oxygen atoms in total. The Kier molecular flexibility index (Phi) is 50.7. The first kappa shape index (κ1) is 69.9. The molecule has 0 spiro atoms. The number of allylic oxidation sites excluding steroid dienone is 24. The summed E-state index contributed by atoms with van der Waals surface area (Å²) in [7, 11) is 1.43. The molecule has 0 aromatic rings. The standard InChI is InChI=1S/C64H104NO8P/c1-6-8-10-12-14-16-18-20-21-22-23-24-25-26-27-28-29-30-31-32-33-34-35-36-37-38-39-40-41-42-43-45-47-49-51-53-55-57-64(67)73-62(61-72-74(68,69)71-59-58-65(3,4)5)60-70-63(66)56-54-52-50-48-46-44-19-17-15-13-11-9-7-2/h8,10,14,16-17,19-21,23-24,26-27,29-30,32-33,35-36,38-39,41-42,45,47,62H,6-7,9,11-13,15,18,22,25,28,31,34,37,40,43-44,46,48-61H2,1-5H3/p+1/b10-8-,16-14-,19-17-,21-20-,24-23-,27-26-,30-29-,33-32-,36-35-,39-38-,42-41-,47-45-. The maximum Gasteiger partial charge on any atom is 0.472 e. The number of esters is 2. The molecule has 0 aliphatic rings. The fourth-order valence-electron chi connectivity index (χ4n) is 6.95. The molecule has 0 bridgehead atoms. The highest BCUT2D eigenvalue weighted by Crippen LogP contribution is 2.43. The van der Waals surface area contributed by atoms with Crippen molar-refractivity contribution in [2.45, 2.75) is 200 Å². The van der Waals surface area contributed by atoms with Gasteiger partial charge in [0.05, 0.1) is 27.7 Å². The van der Waals surface area contributed by atoms with E-state index < -0.39 is 32.5 Å². The van der Waals surface area contributed by atoms with Gasteiger partial charge in [0, 0.05) is 12.8 Å². The predicted molar refractivity (Wildman–Crippen MR) is 316 cm³/mol. The molecule has 0 rings (SSSR count). The van der Waals surface area contributed by atoms with Crippen molar-refractivity contribution in [2.75, 3.05) is 47.5 Å². The van der Waals surface area contributed by atoms with Gasteiger partial charge in [-0.25, -0.2) is 4.57 Å². The summed E-state index contributed by atoms with van der Waals surface area (Å²) in [6, 6.07) is 0. The second-order valence-electron chi connectivity index (χ2n) is 19.6. The summed E-state index contributed by atoms with van der Waals surface area (Å²) in [5.41, 5.74) is 0. The molecule has 0 saturated carbocycles. The Hall–Kier alpha value is -4.11. The van der Waals surface area contributed by atoms with Crippen LogP contribution in [0.2, 0.25) is 0 Å². The molecule has 0 fully saturated rings. The molecule has 0 aromatic carbocycles. The van der Waals surface area contributed by atoms with Crippen molar-refractivity contribution in [1.29, 1.82) is 0 Å². The second kappa shape index (κ2) is 53.7. The molecular weight excluding hydrogens is 942 g/mol. The molecule has 2 atom stereocenters. The highest BCUT2D eigenvalue weighted by Gasteiger charge is 2.27. The number of rotatable bonds is 50. The number of quaternary nitrogens is 1. The van der Waals surface area contributed by atoms with Gasteiger partial charge >= 0.3 is 19.8 Å². The minimum Gasteiger partial charge on any atom is -0.462 e. The molecule has 10 heteroatoms. The van der Waals surface area contributed by atoms with Gasteiger partial charge < -0.3 is 18.9 Å². The number of carbonyl (C=O) groups is 2. The van der Waals surface area contributed by atoms with Crippen LogP contribution in [0.3, 0.4) is 0 Å². The monoisotopic (exact) mass is 1050 g/mol. The van der Waals surface area contributed by atoms with Crippen LogP contribution < -0.4 is 0 Å². The van der Waals surface area contributed by atoms with E-state index in [0.717, 1.165) is 122 Å². The van der Waals surface area contributed by atoms with Gasteiger partial charge in [0.15, 0.2) is 6.10 Å². The Morgan fingerprint density at radius 2 is 0.770 bits per heavy atom. The normalized spacial score (nSPS) is 14.4. The highest BCUT2D eigenvalue weighted by atomic mass is 31.2. The maximum atomic E-state index is 12.8. The van der Waals surface area contributed by atoms with Gasteiger partial charge in [-0.2, -0.15) is 0 Å². The predicted octanol–water partition coefficient (Wildman–Crippen LogP) is 17.9. The SMILES string of the molecule is CC/C=C\C/C=C\C/C=C\C/C=C\C/C=C\C/C=C\C/C=C\C/C=C\C/C=C\C/C=C\C/C=C\CCCCCC(=O)OC(COC(=O)CCCCCCC/C=C\CCCCCC)COP(=O)(O)OCC[N+](C)(C)C. The van der Waals surface area contributed by atoms with Crippen molar-refractivity contribution in [3.63, 3.8) is 0 Å². The van der Waals surface area contributed by atoms with Gasteiger partial charge in [0.2, 0.25) is 0 Å². The zero-order valence-corrected chi connectivity index (χ0v) is 48.2. The van der Waals surface area contributed by atoms with Crippen molar-refractivity contribution in [3.05, 3.63) is 146 Å². The molecule has 0 heterocycles. The van der Waals surface area contributed by atoms with Gasteiger partial charge in [-0.3, -0.25) is 18.6 Å². The third kappa shape index (κ3) is 57.2. The van der Waals surface area contributed by atoms with Gasteiger partial charge in [-0.05, 0) is 122 Å². The fraction of sp³-hybridized carbons (Fsp3) is 0.594.